The minimum atomic E-state index is -0.300. The first kappa shape index (κ1) is 21.4. The van der Waals surface area contributed by atoms with E-state index in [1.165, 1.54) is 12.1 Å². The summed E-state index contributed by atoms with van der Waals surface area (Å²) >= 11 is 5.78. The van der Waals surface area contributed by atoms with E-state index in [1.54, 1.807) is 16.8 Å². The third kappa shape index (κ3) is 4.75. The number of nitrogens with zero attached hydrogens (tertiary/aromatic N) is 4. The molecule has 162 valence electrons. The molecule has 0 radical (unpaired) electrons. The van der Waals surface area contributed by atoms with Crippen LogP contribution in [0.2, 0.25) is 0 Å². The second-order valence-electron chi connectivity index (χ2n) is 7.59. The molecule has 2 aromatic carbocycles. The van der Waals surface area contributed by atoms with Gasteiger partial charge in [-0.25, -0.2) is 9.07 Å². The molecule has 0 saturated carbocycles. The lowest BCUT2D eigenvalue weighted by atomic mass is 9.99. The maximum absolute atomic E-state index is 13.5. The van der Waals surface area contributed by atoms with Gasteiger partial charge in [0, 0.05) is 17.8 Å². The topological polar surface area (TPSA) is 52.3 Å². The van der Waals surface area contributed by atoms with Crippen molar-refractivity contribution in [2.45, 2.75) is 26.4 Å². The molecule has 0 N–H and O–H groups in total. The second kappa shape index (κ2) is 9.53. The highest BCUT2D eigenvalue weighted by Gasteiger charge is 2.27. The van der Waals surface area contributed by atoms with E-state index in [2.05, 4.69) is 4.90 Å². The van der Waals surface area contributed by atoms with Crippen molar-refractivity contribution < 1.29 is 13.9 Å². The Morgan fingerprint density at radius 3 is 2.65 bits per heavy atom. The fourth-order valence-corrected chi connectivity index (χ4v) is 4.21. The summed E-state index contributed by atoms with van der Waals surface area (Å²) in [6.45, 7) is 4.17. The smallest absolute Gasteiger partial charge is 0.310 e. The minimum Gasteiger partial charge on any atom is -0.466 e. The van der Waals surface area contributed by atoms with Gasteiger partial charge in [0.25, 0.3) is 0 Å². The number of esters is 1. The zero-order valence-electron chi connectivity index (χ0n) is 17.4. The van der Waals surface area contributed by atoms with Crippen molar-refractivity contribution in [3.63, 3.8) is 0 Å². The predicted molar refractivity (Wildman–Crippen MR) is 119 cm³/mol. The molecule has 31 heavy (non-hydrogen) atoms. The minimum absolute atomic E-state index is 0.129. The van der Waals surface area contributed by atoms with Gasteiger partial charge < -0.3 is 4.74 Å². The molecular weight excluding hydrogens is 415 g/mol. The molecule has 3 aromatic rings. The molecule has 4 rings (SSSR count). The van der Waals surface area contributed by atoms with Crippen LogP contribution in [0.5, 0.6) is 0 Å². The lowest BCUT2D eigenvalue weighted by Gasteiger charge is -2.31. The normalized spacial score (nSPS) is 16.9. The molecule has 0 bridgehead atoms. The first-order valence-electron chi connectivity index (χ1n) is 10.5. The maximum Gasteiger partial charge on any atom is 0.310 e. The Labute approximate surface area is 185 Å². The van der Waals surface area contributed by atoms with E-state index in [9.17, 15) is 9.18 Å². The number of para-hydroxylation sites is 1. The summed E-state index contributed by atoms with van der Waals surface area (Å²) in [5.74, 6) is 0.0785. The van der Waals surface area contributed by atoms with Gasteiger partial charge in [-0.1, -0.05) is 18.2 Å². The number of carbonyl (C=O) groups excluding carboxylic acids is 1. The lowest BCUT2D eigenvalue weighted by Crippen LogP contribution is -2.40. The molecule has 2 heterocycles. The summed E-state index contributed by atoms with van der Waals surface area (Å²) in [4.78, 5) is 14.4. The van der Waals surface area contributed by atoms with Gasteiger partial charge in [-0.05, 0) is 74.9 Å². The fourth-order valence-electron chi connectivity index (χ4n) is 3.92. The Bertz CT molecular complexity index is 1100. The van der Waals surface area contributed by atoms with E-state index in [0.717, 1.165) is 30.6 Å². The standard InChI is InChI=1S/C23H25FN4O2S/c1-2-30-22(29)18-7-6-14-26(15-18)16-27-23(31)28(20-8-4-3-5-9-20)21(25-27)17-10-12-19(24)13-11-17/h3-5,8-13,18H,2,6-7,14-16H2,1H3/t18-/m0/s1. The highest BCUT2D eigenvalue weighted by Crippen LogP contribution is 2.24. The van der Waals surface area contributed by atoms with Gasteiger partial charge in [0.05, 0.1) is 19.2 Å². The average Bonchev–Trinajstić information content (AvgIpc) is 3.11. The molecule has 1 aliphatic heterocycles. The fraction of sp³-hybridized carbons (Fsp3) is 0.348. The van der Waals surface area contributed by atoms with Gasteiger partial charge in [-0.3, -0.25) is 14.3 Å². The van der Waals surface area contributed by atoms with Crippen LogP contribution in [0.15, 0.2) is 54.6 Å². The summed E-state index contributed by atoms with van der Waals surface area (Å²) in [5.41, 5.74) is 1.67. The van der Waals surface area contributed by atoms with E-state index < -0.39 is 0 Å². The molecule has 1 aromatic heterocycles. The van der Waals surface area contributed by atoms with Gasteiger partial charge in [0.2, 0.25) is 4.77 Å². The monoisotopic (exact) mass is 440 g/mol. The van der Waals surface area contributed by atoms with Crippen molar-refractivity contribution in [3.8, 4) is 17.1 Å². The maximum atomic E-state index is 13.5. The molecule has 0 unspecified atom stereocenters. The van der Waals surface area contributed by atoms with Crippen LogP contribution in [0.4, 0.5) is 4.39 Å². The number of rotatable bonds is 6. The predicted octanol–water partition coefficient (Wildman–Crippen LogP) is 4.44. The van der Waals surface area contributed by atoms with Gasteiger partial charge in [0.15, 0.2) is 5.82 Å². The summed E-state index contributed by atoms with van der Waals surface area (Å²) < 4.78 is 22.9. The first-order valence-corrected chi connectivity index (χ1v) is 10.9. The zero-order valence-corrected chi connectivity index (χ0v) is 18.2. The van der Waals surface area contributed by atoms with Crippen LogP contribution in [0.3, 0.4) is 0 Å². The third-order valence-corrected chi connectivity index (χ3v) is 5.81. The first-order chi connectivity index (χ1) is 15.1. The van der Waals surface area contributed by atoms with E-state index >= 15 is 0 Å². The molecule has 0 amide bonds. The lowest BCUT2D eigenvalue weighted by molar-refractivity contribution is -0.150. The van der Waals surface area contributed by atoms with Crippen LogP contribution in [-0.2, 0) is 16.2 Å². The molecule has 0 aliphatic carbocycles. The quantitative estimate of drug-likeness (QED) is 0.419. The molecule has 6 nitrogen and oxygen atoms in total. The van der Waals surface area contributed by atoms with Crippen LogP contribution >= 0.6 is 12.2 Å². The number of ether oxygens (including phenoxy) is 1. The average molecular weight is 441 g/mol. The largest absolute Gasteiger partial charge is 0.466 e. The van der Waals surface area contributed by atoms with Crippen LogP contribution in [0.25, 0.3) is 17.1 Å². The Morgan fingerprint density at radius 2 is 1.94 bits per heavy atom. The number of hydrogen-bond donors (Lipinski definition) is 0. The number of likely N-dealkylation sites (tertiary alicyclic amines) is 1. The molecule has 8 heteroatoms. The number of aromatic nitrogens is 3. The third-order valence-electron chi connectivity index (χ3n) is 5.42. The van der Waals surface area contributed by atoms with Gasteiger partial charge >= 0.3 is 5.97 Å². The van der Waals surface area contributed by atoms with Crippen molar-refractivity contribution in [1.29, 1.82) is 0 Å². The Hall–Kier alpha value is -2.84. The summed E-state index contributed by atoms with van der Waals surface area (Å²) in [6, 6.07) is 16.0. The van der Waals surface area contributed by atoms with E-state index in [0.29, 0.717) is 30.4 Å². The van der Waals surface area contributed by atoms with Crippen molar-refractivity contribution in [2.75, 3.05) is 19.7 Å². The van der Waals surface area contributed by atoms with E-state index in [-0.39, 0.29) is 17.7 Å². The van der Waals surface area contributed by atoms with E-state index in [4.69, 9.17) is 22.1 Å². The highest BCUT2D eigenvalue weighted by molar-refractivity contribution is 7.71. The number of benzene rings is 2. The molecule has 1 atom stereocenters. The molecule has 0 spiro atoms. The van der Waals surface area contributed by atoms with Crippen LogP contribution in [-0.4, -0.2) is 44.9 Å². The number of hydrogen-bond acceptors (Lipinski definition) is 5. The number of carbonyl (C=O) groups is 1. The summed E-state index contributed by atoms with van der Waals surface area (Å²) in [7, 11) is 0. The molecular formula is C23H25FN4O2S. The van der Waals surface area contributed by atoms with Gasteiger partial charge in [-0.2, -0.15) is 0 Å². The molecule has 1 aliphatic rings. The zero-order chi connectivity index (χ0) is 21.8. The molecule has 1 saturated heterocycles. The van der Waals surface area contributed by atoms with Crippen molar-refractivity contribution in [3.05, 3.63) is 65.2 Å². The summed E-state index contributed by atoms with van der Waals surface area (Å²) in [6.07, 6.45) is 1.75. The van der Waals surface area contributed by atoms with Crippen LogP contribution < -0.4 is 0 Å². The van der Waals surface area contributed by atoms with Crippen LogP contribution in [0, 0.1) is 16.5 Å². The van der Waals surface area contributed by atoms with Crippen LogP contribution in [0.1, 0.15) is 19.8 Å². The summed E-state index contributed by atoms with van der Waals surface area (Å²) in [5, 5.41) is 4.78. The SMILES string of the molecule is CCOC(=O)[C@H]1CCCN(Cn2nc(-c3ccc(F)cc3)n(-c3ccccc3)c2=S)C1. The van der Waals surface area contributed by atoms with Crippen molar-refractivity contribution in [1.82, 2.24) is 19.2 Å². The van der Waals surface area contributed by atoms with Gasteiger partial charge in [0.1, 0.15) is 5.82 Å². The highest BCUT2D eigenvalue weighted by atomic mass is 32.1. The Balaban J connectivity index is 1.66. The van der Waals surface area contributed by atoms with E-state index in [1.807, 2.05) is 41.8 Å². The van der Waals surface area contributed by atoms with Crippen molar-refractivity contribution in [2.24, 2.45) is 5.92 Å². The second-order valence-corrected chi connectivity index (χ2v) is 7.96. The Kier molecular flexibility index (Phi) is 6.58. The van der Waals surface area contributed by atoms with Crippen molar-refractivity contribution >= 4 is 18.2 Å². The number of piperidine rings is 1. The Morgan fingerprint density at radius 1 is 1.19 bits per heavy atom. The van der Waals surface area contributed by atoms with Gasteiger partial charge in [-0.15, -0.1) is 5.10 Å². The molecule has 1 fully saturated rings. The number of halogens is 1.